The van der Waals surface area contributed by atoms with Crippen LogP contribution in [0.3, 0.4) is 0 Å². The highest BCUT2D eigenvalue weighted by molar-refractivity contribution is 5.76. The summed E-state index contributed by atoms with van der Waals surface area (Å²) in [7, 11) is 0. The van der Waals surface area contributed by atoms with Gasteiger partial charge in [-0.15, -0.1) is 0 Å². The Labute approximate surface area is 544 Å². The molecule has 2 atom stereocenters. The van der Waals surface area contributed by atoms with E-state index >= 15 is 0 Å². The number of ether oxygens (including phenoxy) is 1. The minimum Gasteiger partial charge on any atom is -0.466 e. The molecule has 0 saturated carbocycles. The van der Waals surface area contributed by atoms with E-state index in [1.54, 1.807) is 6.08 Å². The lowest BCUT2D eigenvalue weighted by Crippen LogP contribution is -2.45. The molecule has 512 valence electrons. The van der Waals surface area contributed by atoms with E-state index in [0.717, 1.165) is 51.4 Å². The Bertz CT molecular complexity index is 1450. The molecule has 6 heteroatoms. The number of carbonyl (C=O) groups is 2. The van der Waals surface area contributed by atoms with Crippen molar-refractivity contribution in [3.05, 3.63) is 48.6 Å². The van der Waals surface area contributed by atoms with Gasteiger partial charge in [-0.25, -0.2) is 0 Å². The van der Waals surface area contributed by atoms with E-state index < -0.39 is 12.1 Å². The van der Waals surface area contributed by atoms with Crippen LogP contribution in [0.4, 0.5) is 0 Å². The van der Waals surface area contributed by atoms with E-state index in [4.69, 9.17) is 4.74 Å². The molecule has 0 saturated heterocycles. The Morgan fingerprint density at radius 2 is 0.575 bits per heavy atom. The van der Waals surface area contributed by atoms with Gasteiger partial charge in [0.15, 0.2) is 0 Å². The van der Waals surface area contributed by atoms with Crippen molar-refractivity contribution in [2.45, 2.75) is 443 Å². The highest BCUT2D eigenvalue weighted by Gasteiger charge is 2.18. The molecule has 0 spiro atoms. The summed E-state index contributed by atoms with van der Waals surface area (Å²) in [5, 5.41) is 23.2. The topological polar surface area (TPSA) is 95.9 Å². The molecule has 3 N–H and O–H groups in total. The third-order valence-electron chi connectivity index (χ3n) is 18.3. The number of unbranched alkanes of at least 4 members (excludes halogenated alkanes) is 57. The van der Waals surface area contributed by atoms with Crippen LogP contribution >= 0.6 is 0 Å². The Hall–Kier alpha value is -2.18. The van der Waals surface area contributed by atoms with E-state index in [9.17, 15) is 19.8 Å². The molecule has 0 radical (unpaired) electrons. The Morgan fingerprint density at radius 1 is 0.322 bits per heavy atom. The van der Waals surface area contributed by atoms with Gasteiger partial charge in [-0.05, 0) is 89.9 Å². The van der Waals surface area contributed by atoms with Gasteiger partial charge in [0, 0.05) is 12.8 Å². The number of esters is 1. The summed E-state index contributed by atoms with van der Waals surface area (Å²) < 4.78 is 5.50. The summed E-state index contributed by atoms with van der Waals surface area (Å²) in [6.07, 6.45) is 101. The van der Waals surface area contributed by atoms with Crippen molar-refractivity contribution >= 4 is 11.9 Å². The van der Waals surface area contributed by atoms with Gasteiger partial charge < -0.3 is 20.3 Å². The number of aliphatic hydroxyl groups is 2. The van der Waals surface area contributed by atoms with Crippen molar-refractivity contribution in [3.8, 4) is 0 Å². The van der Waals surface area contributed by atoms with Crippen molar-refractivity contribution in [1.29, 1.82) is 0 Å². The fraction of sp³-hybridized carbons (Fsp3) is 0.877. The molecule has 0 aromatic carbocycles. The third kappa shape index (κ3) is 72.8. The molecule has 0 rings (SSSR count). The summed E-state index contributed by atoms with van der Waals surface area (Å²) in [6.45, 7) is 4.94. The van der Waals surface area contributed by atoms with Crippen LogP contribution in [0.5, 0.6) is 0 Å². The predicted molar refractivity (Wildman–Crippen MR) is 384 cm³/mol. The highest BCUT2D eigenvalue weighted by Crippen LogP contribution is 2.19. The number of amides is 1. The molecule has 0 bridgehead atoms. The summed E-state index contributed by atoms with van der Waals surface area (Å²) in [6, 6.07) is -0.627. The lowest BCUT2D eigenvalue weighted by molar-refractivity contribution is -0.143. The van der Waals surface area contributed by atoms with Gasteiger partial charge >= 0.3 is 5.97 Å². The second-order valence-corrected chi connectivity index (χ2v) is 27.0. The van der Waals surface area contributed by atoms with Gasteiger partial charge in [-0.1, -0.05) is 377 Å². The van der Waals surface area contributed by atoms with E-state index in [1.165, 1.54) is 353 Å². The average molecular weight is 1220 g/mol. The van der Waals surface area contributed by atoms with Crippen LogP contribution in [0.1, 0.15) is 431 Å². The van der Waals surface area contributed by atoms with Crippen LogP contribution in [0.2, 0.25) is 0 Å². The van der Waals surface area contributed by atoms with Gasteiger partial charge in [0.2, 0.25) is 5.91 Å². The van der Waals surface area contributed by atoms with Crippen LogP contribution in [0, 0.1) is 0 Å². The van der Waals surface area contributed by atoms with Gasteiger partial charge in [-0.2, -0.15) is 0 Å². The SMILES string of the molecule is CCCCCCCCC/C=C\CCCCCCCC(=O)OCCCCCCCCCCCCCCC/C=C\C/C=C\CCCCCCCCCCCCCCCCCCCC(=O)NC(CO)C(O)/C=C/CCCCCCCCCCCCCCCCC. The zero-order valence-electron chi connectivity index (χ0n) is 58.8. The minimum absolute atomic E-state index is 0.0116. The molecule has 0 aromatic rings. The second kappa shape index (κ2) is 76.3. The normalized spacial score (nSPS) is 12.7. The second-order valence-electron chi connectivity index (χ2n) is 27.0. The van der Waals surface area contributed by atoms with Gasteiger partial charge in [0.25, 0.3) is 0 Å². The smallest absolute Gasteiger partial charge is 0.305 e. The van der Waals surface area contributed by atoms with Gasteiger partial charge in [0.1, 0.15) is 0 Å². The fourth-order valence-electron chi connectivity index (χ4n) is 12.3. The molecule has 0 aliphatic carbocycles. The monoisotopic (exact) mass is 1220 g/mol. The first-order valence-corrected chi connectivity index (χ1v) is 39.4. The maximum absolute atomic E-state index is 12.5. The first-order chi connectivity index (χ1) is 43.0. The first kappa shape index (κ1) is 84.8. The Morgan fingerprint density at radius 3 is 0.885 bits per heavy atom. The van der Waals surface area contributed by atoms with Crippen molar-refractivity contribution in [1.82, 2.24) is 5.32 Å². The summed E-state index contributed by atoms with van der Waals surface area (Å²) in [4.78, 5) is 24.6. The summed E-state index contributed by atoms with van der Waals surface area (Å²) in [5.41, 5.74) is 0. The van der Waals surface area contributed by atoms with Crippen molar-refractivity contribution in [2.24, 2.45) is 0 Å². The van der Waals surface area contributed by atoms with Crippen LogP contribution in [0.25, 0.3) is 0 Å². The van der Waals surface area contributed by atoms with Gasteiger partial charge in [0.05, 0.1) is 25.4 Å². The maximum Gasteiger partial charge on any atom is 0.305 e. The van der Waals surface area contributed by atoms with E-state index in [2.05, 4.69) is 55.6 Å². The van der Waals surface area contributed by atoms with Crippen molar-refractivity contribution in [3.63, 3.8) is 0 Å². The van der Waals surface area contributed by atoms with Crippen LogP contribution in [0.15, 0.2) is 48.6 Å². The molecule has 87 heavy (non-hydrogen) atoms. The van der Waals surface area contributed by atoms with E-state index in [1.807, 2.05) is 6.08 Å². The fourth-order valence-corrected chi connectivity index (χ4v) is 12.3. The quantitative estimate of drug-likeness (QED) is 0.0320. The number of carbonyl (C=O) groups excluding carboxylic acids is 2. The third-order valence-corrected chi connectivity index (χ3v) is 18.3. The molecule has 0 heterocycles. The number of allylic oxidation sites excluding steroid dienone is 7. The number of aliphatic hydroxyl groups excluding tert-OH is 2. The molecule has 0 aliphatic rings. The molecular formula is C81H153NO5. The standard InChI is InChI=1S/C81H153NO5/c1-3-5-7-9-11-13-15-17-19-42-45-49-53-57-61-65-69-73-79(84)78(77-83)82-80(85)74-70-66-62-58-54-50-46-43-40-38-36-34-32-30-28-26-24-22-21-23-25-27-29-31-33-35-37-39-41-44-48-52-56-60-64-68-72-76-87-81(86)75-71-67-63-59-55-51-47-20-18-16-14-12-10-8-6-4-2/h20-21,23,27,29,47,69,73,78-79,83-84H,3-19,22,24-26,28,30-46,48-68,70-72,74-77H2,1-2H3,(H,82,85)/b23-21-,29-27-,47-20-,73-69+. The van der Waals surface area contributed by atoms with Crippen molar-refractivity contribution < 1.29 is 24.5 Å². The van der Waals surface area contributed by atoms with Crippen LogP contribution in [-0.4, -0.2) is 47.4 Å². The first-order valence-electron chi connectivity index (χ1n) is 39.4. The summed E-state index contributed by atoms with van der Waals surface area (Å²) in [5.74, 6) is -0.0506. The summed E-state index contributed by atoms with van der Waals surface area (Å²) >= 11 is 0. The van der Waals surface area contributed by atoms with Crippen LogP contribution < -0.4 is 5.32 Å². The number of hydrogen-bond donors (Lipinski definition) is 3. The molecule has 6 nitrogen and oxygen atoms in total. The van der Waals surface area contributed by atoms with Crippen molar-refractivity contribution in [2.75, 3.05) is 13.2 Å². The minimum atomic E-state index is -0.843. The number of rotatable bonds is 74. The van der Waals surface area contributed by atoms with Crippen LogP contribution in [-0.2, 0) is 14.3 Å². The molecular weight excluding hydrogens is 1070 g/mol. The Kier molecular flexibility index (Phi) is 74.4. The molecule has 2 unspecified atom stereocenters. The number of nitrogens with one attached hydrogen (secondary N) is 1. The predicted octanol–water partition coefficient (Wildman–Crippen LogP) is 26.0. The average Bonchev–Trinajstić information content (AvgIpc) is 3.53. The maximum atomic E-state index is 12.5. The van der Waals surface area contributed by atoms with E-state index in [0.29, 0.717) is 19.4 Å². The molecule has 1 amide bonds. The zero-order valence-corrected chi connectivity index (χ0v) is 58.8. The molecule has 0 aromatic heterocycles. The van der Waals surface area contributed by atoms with E-state index in [-0.39, 0.29) is 18.5 Å². The lowest BCUT2D eigenvalue weighted by atomic mass is 10.0. The lowest BCUT2D eigenvalue weighted by Gasteiger charge is -2.20. The highest BCUT2D eigenvalue weighted by atomic mass is 16.5. The largest absolute Gasteiger partial charge is 0.466 e. The Balaban J connectivity index is 3.37. The molecule has 0 aliphatic heterocycles. The molecule has 0 fully saturated rings. The zero-order chi connectivity index (χ0) is 62.8. The number of hydrogen-bond acceptors (Lipinski definition) is 5. The van der Waals surface area contributed by atoms with Gasteiger partial charge in [-0.3, -0.25) is 9.59 Å².